The van der Waals surface area contributed by atoms with Crippen LogP contribution in [0.4, 0.5) is 0 Å². The highest BCUT2D eigenvalue weighted by molar-refractivity contribution is 9.25. The number of unbranched alkanes of at least 4 members (excludes halogenated alkanes) is 5. The molecule has 0 radical (unpaired) electrons. The summed E-state index contributed by atoms with van der Waals surface area (Å²) in [5.41, 5.74) is 0. The summed E-state index contributed by atoms with van der Waals surface area (Å²) in [7, 11) is -2.49. The normalized spacial score (nSPS) is 11.2. The summed E-state index contributed by atoms with van der Waals surface area (Å²) >= 11 is 3.84. The maximum Gasteiger partial charge on any atom is 0.537 e. The zero-order chi connectivity index (χ0) is 17.1. The summed E-state index contributed by atoms with van der Waals surface area (Å²) in [6.45, 7) is 2.25. The lowest BCUT2D eigenvalue weighted by atomic mass is 10.1. The summed E-state index contributed by atoms with van der Waals surface area (Å²) in [6, 6.07) is 20.8. The van der Waals surface area contributed by atoms with Gasteiger partial charge in [-0.2, -0.15) is 0 Å². The molecule has 0 spiro atoms. The van der Waals surface area contributed by atoms with Gasteiger partial charge in [-0.1, -0.05) is 75.4 Å². The second-order valence-corrected chi connectivity index (χ2v) is 11.9. The molecule has 0 heterocycles. The van der Waals surface area contributed by atoms with E-state index in [4.69, 9.17) is 8.85 Å². The zero-order valence-corrected chi connectivity index (χ0v) is 17.0. The van der Waals surface area contributed by atoms with E-state index in [0.717, 1.165) is 24.0 Å². The third kappa shape index (κ3) is 7.10. The van der Waals surface area contributed by atoms with Crippen molar-refractivity contribution in [1.29, 1.82) is 0 Å². The first-order chi connectivity index (χ1) is 11.7. The van der Waals surface area contributed by atoms with Crippen LogP contribution >= 0.6 is 15.3 Å². The lowest BCUT2D eigenvalue weighted by molar-refractivity contribution is 0.408. The monoisotopic (exact) mass is 406 g/mol. The molecule has 2 aromatic carbocycles. The van der Waals surface area contributed by atoms with Crippen molar-refractivity contribution in [2.24, 2.45) is 0 Å². The van der Waals surface area contributed by atoms with Gasteiger partial charge in [0.2, 0.25) is 0 Å². The zero-order valence-electron chi connectivity index (χ0n) is 14.4. The van der Waals surface area contributed by atoms with Crippen molar-refractivity contribution in [3.63, 3.8) is 0 Å². The van der Waals surface area contributed by atoms with Crippen molar-refractivity contribution in [2.45, 2.75) is 51.5 Å². The third-order valence-electron chi connectivity index (χ3n) is 3.86. The molecule has 0 amide bonds. The molecule has 0 saturated carbocycles. The van der Waals surface area contributed by atoms with E-state index in [2.05, 4.69) is 22.2 Å². The SMILES string of the molecule is CCCCCCCC[Si](Br)(Oc1ccccc1)Oc1ccccc1. The number of halogens is 1. The fourth-order valence-corrected chi connectivity index (χ4v) is 6.43. The maximum absolute atomic E-state index is 6.27. The third-order valence-corrected chi connectivity index (χ3v) is 8.05. The predicted octanol–water partition coefficient (Wildman–Crippen LogP) is 6.84. The number of hydrogen-bond acceptors (Lipinski definition) is 2. The van der Waals surface area contributed by atoms with E-state index in [1.807, 2.05) is 60.7 Å². The van der Waals surface area contributed by atoms with Crippen LogP contribution in [-0.4, -0.2) is 7.18 Å². The van der Waals surface area contributed by atoms with Gasteiger partial charge in [0, 0.05) is 6.04 Å². The van der Waals surface area contributed by atoms with Crippen LogP contribution in [0.15, 0.2) is 60.7 Å². The van der Waals surface area contributed by atoms with Crippen LogP contribution in [0.3, 0.4) is 0 Å². The van der Waals surface area contributed by atoms with E-state index in [0.29, 0.717) is 0 Å². The first kappa shape index (κ1) is 19.1. The van der Waals surface area contributed by atoms with Gasteiger partial charge in [-0.3, -0.25) is 0 Å². The number of benzene rings is 2. The van der Waals surface area contributed by atoms with E-state index in [1.54, 1.807) is 0 Å². The smallest absolute Gasteiger partial charge is 0.504 e. The number of rotatable bonds is 11. The second-order valence-electron chi connectivity index (χ2n) is 6.01. The van der Waals surface area contributed by atoms with Crippen LogP contribution < -0.4 is 8.85 Å². The van der Waals surface area contributed by atoms with Gasteiger partial charge in [-0.25, -0.2) is 0 Å². The molecule has 0 aliphatic heterocycles. The molecule has 0 bridgehead atoms. The van der Waals surface area contributed by atoms with Crippen LogP contribution in [0.1, 0.15) is 45.4 Å². The molecule has 0 N–H and O–H groups in total. The fourth-order valence-electron chi connectivity index (χ4n) is 2.57. The molecule has 0 aliphatic rings. The van der Waals surface area contributed by atoms with Crippen LogP contribution in [0.2, 0.25) is 6.04 Å². The van der Waals surface area contributed by atoms with Gasteiger partial charge < -0.3 is 8.85 Å². The minimum absolute atomic E-state index is 0.864. The van der Waals surface area contributed by atoms with Gasteiger partial charge >= 0.3 is 7.18 Å². The van der Waals surface area contributed by atoms with E-state index >= 15 is 0 Å². The molecule has 2 aromatic rings. The van der Waals surface area contributed by atoms with Crippen LogP contribution in [0, 0.1) is 0 Å². The Kier molecular flexibility index (Phi) is 8.40. The molecule has 2 rings (SSSR count). The van der Waals surface area contributed by atoms with Gasteiger partial charge in [0.15, 0.2) is 0 Å². The van der Waals surface area contributed by atoms with Gasteiger partial charge in [-0.15, -0.1) is 0 Å². The average Bonchev–Trinajstić information content (AvgIpc) is 2.60. The lowest BCUT2D eigenvalue weighted by Crippen LogP contribution is -2.42. The maximum atomic E-state index is 6.27. The van der Waals surface area contributed by atoms with Crippen molar-refractivity contribution < 1.29 is 8.85 Å². The van der Waals surface area contributed by atoms with Crippen LogP contribution in [0.5, 0.6) is 11.5 Å². The highest BCUT2D eigenvalue weighted by Crippen LogP contribution is 2.29. The van der Waals surface area contributed by atoms with Crippen molar-refractivity contribution >= 4 is 22.5 Å². The standard InChI is InChI=1S/C20H27BrO2Si/c1-2-3-4-5-6-13-18-24(21,22-19-14-9-7-10-15-19)23-20-16-11-8-12-17-20/h7-12,14-17H,2-6,13,18H2,1H3. The first-order valence-electron chi connectivity index (χ1n) is 8.89. The molecular weight excluding hydrogens is 380 g/mol. The Morgan fingerprint density at radius 1 is 0.708 bits per heavy atom. The van der Waals surface area contributed by atoms with Gasteiger partial charge in [0.05, 0.1) is 0 Å². The Bertz CT molecular complexity index is 521. The van der Waals surface area contributed by atoms with Crippen molar-refractivity contribution in [1.82, 2.24) is 0 Å². The van der Waals surface area contributed by atoms with Gasteiger partial charge in [0.25, 0.3) is 0 Å². The topological polar surface area (TPSA) is 18.5 Å². The first-order valence-corrected chi connectivity index (χ1v) is 13.2. The molecular formula is C20H27BrO2Si. The Morgan fingerprint density at radius 3 is 1.67 bits per heavy atom. The molecule has 0 aromatic heterocycles. The molecule has 2 nitrogen and oxygen atoms in total. The molecule has 0 fully saturated rings. The lowest BCUT2D eigenvalue weighted by Gasteiger charge is -2.26. The van der Waals surface area contributed by atoms with Gasteiger partial charge in [-0.05, 0) is 46.0 Å². The Labute approximate surface area is 155 Å². The van der Waals surface area contributed by atoms with Crippen molar-refractivity contribution in [3.8, 4) is 11.5 Å². The van der Waals surface area contributed by atoms with Crippen molar-refractivity contribution in [3.05, 3.63) is 60.7 Å². The summed E-state index contributed by atoms with van der Waals surface area (Å²) in [4.78, 5) is 0. The Hall–Kier alpha value is -1.26. The molecule has 0 saturated heterocycles. The highest BCUT2D eigenvalue weighted by atomic mass is 79.9. The van der Waals surface area contributed by atoms with E-state index in [1.165, 1.54) is 32.1 Å². The quantitative estimate of drug-likeness (QED) is 0.231. The second kappa shape index (κ2) is 10.6. The summed E-state index contributed by atoms with van der Waals surface area (Å²) in [6.07, 6.45) is 7.59. The van der Waals surface area contributed by atoms with Crippen LogP contribution in [-0.2, 0) is 0 Å². The molecule has 4 heteroatoms. The minimum Gasteiger partial charge on any atom is -0.504 e. The molecule has 0 atom stereocenters. The Balaban J connectivity index is 1.95. The number of hydrogen-bond donors (Lipinski definition) is 0. The molecule has 0 aliphatic carbocycles. The highest BCUT2D eigenvalue weighted by Gasteiger charge is 2.39. The largest absolute Gasteiger partial charge is 0.537 e. The van der Waals surface area contributed by atoms with Crippen molar-refractivity contribution in [2.75, 3.05) is 0 Å². The fraction of sp³-hybridized carbons (Fsp3) is 0.400. The van der Waals surface area contributed by atoms with Gasteiger partial charge in [0.1, 0.15) is 11.5 Å². The molecule has 130 valence electrons. The average molecular weight is 407 g/mol. The molecule has 0 unspecified atom stereocenters. The predicted molar refractivity (Wildman–Crippen MR) is 107 cm³/mol. The summed E-state index contributed by atoms with van der Waals surface area (Å²) in [5, 5.41) is 0. The van der Waals surface area contributed by atoms with E-state index < -0.39 is 7.18 Å². The van der Waals surface area contributed by atoms with E-state index in [-0.39, 0.29) is 0 Å². The Morgan fingerprint density at radius 2 is 1.17 bits per heavy atom. The summed E-state index contributed by atoms with van der Waals surface area (Å²) in [5.74, 6) is 1.73. The molecule has 24 heavy (non-hydrogen) atoms. The minimum atomic E-state index is -2.49. The summed E-state index contributed by atoms with van der Waals surface area (Å²) < 4.78 is 12.5. The van der Waals surface area contributed by atoms with E-state index in [9.17, 15) is 0 Å². The number of para-hydroxylation sites is 2. The van der Waals surface area contributed by atoms with Crippen LogP contribution in [0.25, 0.3) is 0 Å².